The fraction of sp³-hybridized carbons (Fsp3) is 0.900. The SMILES string of the molecule is COCCCC(=O)NCC1(CO)CC1. The highest BCUT2D eigenvalue weighted by molar-refractivity contribution is 5.75. The molecule has 1 aliphatic carbocycles. The van der Waals surface area contributed by atoms with Crippen molar-refractivity contribution in [3.05, 3.63) is 0 Å². The average molecular weight is 201 g/mol. The molecule has 0 saturated heterocycles. The Labute approximate surface area is 84.6 Å². The van der Waals surface area contributed by atoms with E-state index in [0.29, 0.717) is 19.6 Å². The Kier molecular flexibility index (Phi) is 4.35. The number of rotatable bonds is 7. The Balaban J connectivity index is 2.03. The Morgan fingerprint density at radius 3 is 2.79 bits per heavy atom. The maximum absolute atomic E-state index is 11.3. The number of ether oxygens (including phenoxy) is 1. The van der Waals surface area contributed by atoms with Crippen LogP contribution in [0, 0.1) is 5.41 Å². The van der Waals surface area contributed by atoms with Crippen LogP contribution in [0.25, 0.3) is 0 Å². The fourth-order valence-electron chi connectivity index (χ4n) is 1.32. The Bertz CT molecular complexity index is 190. The third-order valence-corrected chi connectivity index (χ3v) is 2.71. The van der Waals surface area contributed by atoms with Crippen molar-refractivity contribution >= 4 is 5.91 Å². The molecule has 0 aromatic rings. The van der Waals surface area contributed by atoms with Crippen LogP contribution in [0.3, 0.4) is 0 Å². The van der Waals surface area contributed by atoms with Gasteiger partial charge in [0.05, 0.1) is 6.61 Å². The van der Waals surface area contributed by atoms with Crippen LogP contribution in [-0.2, 0) is 9.53 Å². The first-order chi connectivity index (χ1) is 6.72. The summed E-state index contributed by atoms with van der Waals surface area (Å²) in [7, 11) is 1.63. The number of carbonyl (C=O) groups is 1. The standard InChI is InChI=1S/C10H19NO3/c1-14-6-2-3-9(13)11-7-10(8-12)4-5-10/h12H,2-8H2,1H3,(H,11,13). The van der Waals surface area contributed by atoms with Gasteiger partial charge in [0.25, 0.3) is 0 Å². The summed E-state index contributed by atoms with van der Waals surface area (Å²) in [5.74, 6) is 0.0572. The zero-order valence-electron chi connectivity index (χ0n) is 8.71. The van der Waals surface area contributed by atoms with Crippen LogP contribution >= 0.6 is 0 Å². The molecule has 0 aliphatic heterocycles. The normalized spacial score (nSPS) is 17.9. The van der Waals surface area contributed by atoms with Gasteiger partial charge in [0.1, 0.15) is 0 Å². The second-order valence-electron chi connectivity index (χ2n) is 4.03. The van der Waals surface area contributed by atoms with Crippen LogP contribution in [0.15, 0.2) is 0 Å². The summed E-state index contributed by atoms with van der Waals surface area (Å²) in [4.78, 5) is 11.3. The highest BCUT2D eigenvalue weighted by Crippen LogP contribution is 2.44. The van der Waals surface area contributed by atoms with Crippen molar-refractivity contribution in [1.29, 1.82) is 0 Å². The zero-order valence-corrected chi connectivity index (χ0v) is 8.71. The fourth-order valence-corrected chi connectivity index (χ4v) is 1.32. The highest BCUT2D eigenvalue weighted by Gasteiger charge is 2.41. The number of nitrogens with one attached hydrogen (secondary N) is 1. The van der Waals surface area contributed by atoms with E-state index >= 15 is 0 Å². The van der Waals surface area contributed by atoms with E-state index < -0.39 is 0 Å². The predicted octanol–water partition coefficient (Wildman–Crippen LogP) is 0.302. The first kappa shape index (κ1) is 11.5. The number of hydrogen-bond acceptors (Lipinski definition) is 3. The lowest BCUT2D eigenvalue weighted by atomic mass is 10.1. The van der Waals surface area contributed by atoms with Gasteiger partial charge >= 0.3 is 0 Å². The third-order valence-electron chi connectivity index (χ3n) is 2.71. The van der Waals surface area contributed by atoms with Gasteiger partial charge in [-0.3, -0.25) is 4.79 Å². The van der Waals surface area contributed by atoms with Gasteiger partial charge in [0.15, 0.2) is 0 Å². The molecule has 0 unspecified atom stereocenters. The smallest absolute Gasteiger partial charge is 0.220 e. The summed E-state index contributed by atoms with van der Waals surface area (Å²) >= 11 is 0. The van der Waals surface area contributed by atoms with Crippen LogP contribution in [0.4, 0.5) is 0 Å². The minimum atomic E-state index is 0.0108. The molecule has 1 aliphatic rings. The zero-order chi connectivity index (χ0) is 10.4. The summed E-state index contributed by atoms with van der Waals surface area (Å²) < 4.78 is 4.85. The summed E-state index contributed by atoms with van der Waals surface area (Å²) in [5.41, 5.74) is 0.0108. The molecule has 1 fully saturated rings. The molecule has 0 aromatic heterocycles. The molecule has 0 spiro atoms. The molecule has 82 valence electrons. The molecular formula is C10H19NO3. The van der Waals surface area contributed by atoms with Crippen LogP contribution in [0.1, 0.15) is 25.7 Å². The molecule has 1 rings (SSSR count). The Morgan fingerprint density at radius 2 is 2.29 bits per heavy atom. The van der Waals surface area contributed by atoms with Crippen molar-refractivity contribution in [1.82, 2.24) is 5.32 Å². The highest BCUT2D eigenvalue weighted by atomic mass is 16.5. The van der Waals surface area contributed by atoms with Gasteiger partial charge in [0.2, 0.25) is 5.91 Å². The van der Waals surface area contributed by atoms with Crippen LogP contribution < -0.4 is 5.32 Å². The van der Waals surface area contributed by atoms with E-state index in [2.05, 4.69) is 5.32 Å². The van der Waals surface area contributed by atoms with E-state index in [-0.39, 0.29) is 17.9 Å². The van der Waals surface area contributed by atoms with Gasteiger partial charge in [-0.2, -0.15) is 0 Å². The lowest BCUT2D eigenvalue weighted by molar-refractivity contribution is -0.121. The summed E-state index contributed by atoms with van der Waals surface area (Å²) in [6, 6.07) is 0. The number of hydrogen-bond donors (Lipinski definition) is 2. The number of carbonyl (C=O) groups excluding carboxylic acids is 1. The molecule has 1 saturated carbocycles. The summed E-state index contributed by atoms with van der Waals surface area (Å²) in [6.45, 7) is 1.43. The maximum atomic E-state index is 11.3. The molecule has 0 bridgehead atoms. The topological polar surface area (TPSA) is 58.6 Å². The second-order valence-corrected chi connectivity index (χ2v) is 4.03. The quantitative estimate of drug-likeness (QED) is 0.582. The maximum Gasteiger partial charge on any atom is 0.220 e. The number of amides is 1. The molecule has 0 heterocycles. The Hall–Kier alpha value is -0.610. The van der Waals surface area contributed by atoms with E-state index in [4.69, 9.17) is 9.84 Å². The number of aliphatic hydroxyl groups excluding tert-OH is 1. The number of methoxy groups -OCH3 is 1. The molecule has 14 heavy (non-hydrogen) atoms. The van der Waals surface area contributed by atoms with Crippen LogP contribution in [0.5, 0.6) is 0 Å². The first-order valence-electron chi connectivity index (χ1n) is 5.09. The molecule has 4 nitrogen and oxygen atoms in total. The molecule has 0 radical (unpaired) electrons. The van der Waals surface area contributed by atoms with Gasteiger partial charge in [-0.25, -0.2) is 0 Å². The van der Waals surface area contributed by atoms with Gasteiger partial charge < -0.3 is 15.2 Å². The van der Waals surface area contributed by atoms with E-state index in [1.54, 1.807) is 7.11 Å². The minimum absolute atomic E-state index is 0.0108. The Morgan fingerprint density at radius 1 is 1.57 bits per heavy atom. The van der Waals surface area contributed by atoms with Gasteiger partial charge in [-0.05, 0) is 19.3 Å². The third kappa shape index (κ3) is 3.64. The van der Waals surface area contributed by atoms with Crippen molar-refractivity contribution < 1.29 is 14.6 Å². The summed E-state index contributed by atoms with van der Waals surface area (Å²) in [5, 5.41) is 11.9. The molecule has 4 heteroatoms. The van der Waals surface area contributed by atoms with Crippen molar-refractivity contribution in [2.45, 2.75) is 25.7 Å². The van der Waals surface area contributed by atoms with E-state index in [9.17, 15) is 4.79 Å². The minimum Gasteiger partial charge on any atom is -0.396 e. The summed E-state index contributed by atoms with van der Waals surface area (Å²) in [6.07, 6.45) is 3.33. The van der Waals surface area contributed by atoms with Gasteiger partial charge in [-0.15, -0.1) is 0 Å². The van der Waals surface area contributed by atoms with Crippen molar-refractivity contribution in [2.75, 3.05) is 26.9 Å². The van der Waals surface area contributed by atoms with E-state index in [1.807, 2.05) is 0 Å². The second kappa shape index (κ2) is 5.32. The predicted molar refractivity (Wildman–Crippen MR) is 52.9 cm³/mol. The molecular weight excluding hydrogens is 182 g/mol. The lowest BCUT2D eigenvalue weighted by Gasteiger charge is -2.12. The average Bonchev–Trinajstić information content (AvgIpc) is 2.96. The van der Waals surface area contributed by atoms with Crippen molar-refractivity contribution in [3.8, 4) is 0 Å². The van der Waals surface area contributed by atoms with E-state index in [1.165, 1.54) is 0 Å². The van der Waals surface area contributed by atoms with Crippen molar-refractivity contribution in [2.24, 2.45) is 5.41 Å². The van der Waals surface area contributed by atoms with Crippen molar-refractivity contribution in [3.63, 3.8) is 0 Å². The van der Waals surface area contributed by atoms with E-state index in [0.717, 1.165) is 19.3 Å². The van der Waals surface area contributed by atoms with Crippen LogP contribution in [-0.4, -0.2) is 37.9 Å². The molecule has 1 amide bonds. The molecule has 0 aromatic carbocycles. The van der Waals surface area contributed by atoms with Crippen LogP contribution in [0.2, 0.25) is 0 Å². The largest absolute Gasteiger partial charge is 0.396 e. The molecule has 2 N–H and O–H groups in total. The first-order valence-corrected chi connectivity index (χ1v) is 5.09. The van der Waals surface area contributed by atoms with Gasteiger partial charge in [-0.1, -0.05) is 0 Å². The lowest BCUT2D eigenvalue weighted by Crippen LogP contribution is -2.31. The molecule has 0 atom stereocenters. The van der Waals surface area contributed by atoms with Gasteiger partial charge in [0, 0.05) is 32.1 Å². The monoisotopic (exact) mass is 201 g/mol. The number of aliphatic hydroxyl groups is 1.